The summed E-state index contributed by atoms with van der Waals surface area (Å²) in [6, 6.07) is 16.4. The number of nitrogens with zero attached hydrogens (tertiary/aromatic N) is 1. The van der Waals surface area contributed by atoms with E-state index in [-0.39, 0.29) is 23.8 Å². The zero-order valence-electron chi connectivity index (χ0n) is 18.6. The number of carbonyl (C=O) groups is 2. The number of rotatable bonds is 5. The Morgan fingerprint density at radius 3 is 2.39 bits per heavy atom. The highest BCUT2D eigenvalue weighted by atomic mass is 35.5. The van der Waals surface area contributed by atoms with E-state index in [4.69, 9.17) is 27.9 Å². The predicted molar refractivity (Wildman–Crippen MR) is 132 cm³/mol. The van der Waals surface area contributed by atoms with E-state index >= 15 is 0 Å². The van der Waals surface area contributed by atoms with Gasteiger partial charge in [0.25, 0.3) is 5.91 Å². The highest BCUT2D eigenvalue weighted by molar-refractivity contribution is 6.35. The van der Waals surface area contributed by atoms with Gasteiger partial charge in [-0.2, -0.15) is 0 Å². The lowest BCUT2D eigenvalue weighted by Gasteiger charge is -2.32. The number of halogens is 2. The number of hydrogen-bond acceptors (Lipinski definition) is 3. The van der Waals surface area contributed by atoms with Crippen molar-refractivity contribution in [1.29, 1.82) is 0 Å². The number of hydrogen-bond donors (Lipinski definition) is 1. The van der Waals surface area contributed by atoms with Gasteiger partial charge in [-0.3, -0.25) is 9.59 Å². The number of likely N-dealkylation sites (tertiary alicyclic amines) is 1. The normalized spacial score (nSPS) is 15.3. The van der Waals surface area contributed by atoms with Gasteiger partial charge in [0.05, 0.1) is 13.2 Å². The molecule has 4 rings (SSSR count). The van der Waals surface area contributed by atoms with Crippen LogP contribution in [0.1, 0.15) is 41.7 Å². The number of benzene rings is 3. The van der Waals surface area contributed by atoms with Crippen LogP contribution in [0.15, 0.2) is 54.6 Å². The molecule has 1 atom stereocenters. The zero-order chi connectivity index (χ0) is 23.5. The first-order valence-electron chi connectivity index (χ1n) is 11.0. The number of nitrogens with one attached hydrogen (secondary N) is 1. The second-order valence-electron chi connectivity index (χ2n) is 8.32. The van der Waals surface area contributed by atoms with Gasteiger partial charge in [0, 0.05) is 40.0 Å². The topological polar surface area (TPSA) is 58.6 Å². The van der Waals surface area contributed by atoms with Gasteiger partial charge >= 0.3 is 0 Å². The molecule has 33 heavy (non-hydrogen) atoms. The summed E-state index contributed by atoms with van der Waals surface area (Å²) in [5.41, 5.74) is 1.48. The van der Waals surface area contributed by atoms with Crippen molar-refractivity contribution in [3.05, 3.63) is 75.8 Å². The van der Waals surface area contributed by atoms with Crippen LogP contribution >= 0.6 is 23.2 Å². The molecule has 1 unspecified atom stereocenters. The Kier molecular flexibility index (Phi) is 7.11. The van der Waals surface area contributed by atoms with Crippen LogP contribution in [0.4, 0.5) is 0 Å². The van der Waals surface area contributed by atoms with Gasteiger partial charge < -0.3 is 15.0 Å². The number of carbonyl (C=O) groups excluding carboxylic acids is 2. The molecule has 1 aliphatic heterocycles. The van der Waals surface area contributed by atoms with Crippen LogP contribution < -0.4 is 10.1 Å². The van der Waals surface area contributed by atoms with Crippen molar-refractivity contribution in [2.45, 2.75) is 25.8 Å². The van der Waals surface area contributed by atoms with Gasteiger partial charge in [-0.15, -0.1) is 0 Å². The highest BCUT2D eigenvalue weighted by Crippen LogP contribution is 2.31. The van der Waals surface area contributed by atoms with Crippen molar-refractivity contribution in [2.75, 3.05) is 20.2 Å². The molecule has 0 spiro atoms. The Labute approximate surface area is 203 Å². The molecule has 0 radical (unpaired) electrons. The Hall–Kier alpha value is -2.76. The Balaban J connectivity index is 1.40. The van der Waals surface area contributed by atoms with Crippen molar-refractivity contribution in [2.24, 2.45) is 5.92 Å². The van der Waals surface area contributed by atoms with Crippen molar-refractivity contribution in [3.8, 4) is 5.75 Å². The number of amides is 2. The van der Waals surface area contributed by atoms with Crippen molar-refractivity contribution >= 4 is 45.8 Å². The van der Waals surface area contributed by atoms with E-state index < -0.39 is 0 Å². The third-order valence-electron chi connectivity index (χ3n) is 6.28. The first-order chi connectivity index (χ1) is 15.9. The lowest BCUT2D eigenvalue weighted by molar-refractivity contribution is -0.126. The summed E-state index contributed by atoms with van der Waals surface area (Å²) < 4.78 is 5.44. The van der Waals surface area contributed by atoms with Crippen LogP contribution in [0.25, 0.3) is 10.8 Å². The standard InChI is InChI=1S/C26H26Cl2N2O3/c1-16(19-8-7-18(27)15-23(19)28)29-25(31)17-11-13-30(14-12-17)26(32)22-9-10-24(33-2)21-6-4-3-5-20(21)22/h3-10,15-17H,11-14H2,1-2H3,(H,29,31). The SMILES string of the molecule is COc1ccc(C(=O)N2CCC(C(=O)NC(C)c3ccc(Cl)cc3Cl)CC2)c2ccccc12. The average Bonchev–Trinajstić information content (AvgIpc) is 2.82. The fourth-order valence-corrected chi connectivity index (χ4v) is 4.98. The highest BCUT2D eigenvalue weighted by Gasteiger charge is 2.29. The summed E-state index contributed by atoms with van der Waals surface area (Å²) in [6.07, 6.45) is 1.24. The maximum Gasteiger partial charge on any atom is 0.254 e. The smallest absolute Gasteiger partial charge is 0.254 e. The summed E-state index contributed by atoms with van der Waals surface area (Å²) in [4.78, 5) is 28.0. The predicted octanol–water partition coefficient (Wildman–Crippen LogP) is 5.88. The minimum atomic E-state index is -0.229. The molecule has 3 aromatic rings. The lowest BCUT2D eigenvalue weighted by Crippen LogP contribution is -2.43. The van der Waals surface area contributed by atoms with Crippen LogP contribution in [0.3, 0.4) is 0 Å². The van der Waals surface area contributed by atoms with Crippen molar-refractivity contribution in [1.82, 2.24) is 10.2 Å². The molecule has 2 amide bonds. The van der Waals surface area contributed by atoms with E-state index in [1.165, 1.54) is 0 Å². The van der Waals surface area contributed by atoms with E-state index in [1.54, 1.807) is 19.2 Å². The van der Waals surface area contributed by atoms with Crippen LogP contribution in [0, 0.1) is 5.92 Å². The molecule has 3 aromatic carbocycles. The molecule has 1 heterocycles. The summed E-state index contributed by atoms with van der Waals surface area (Å²) >= 11 is 12.2. The summed E-state index contributed by atoms with van der Waals surface area (Å²) in [5, 5.41) is 5.93. The molecule has 0 aromatic heterocycles. The Morgan fingerprint density at radius 2 is 1.73 bits per heavy atom. The van der Waals surface area contributed by atoms with Crippen LogP contribution in [0.2, 0.25) is 10.0 Å². The molecule has 5 nitrogen and oxygen atoms in total. The molecular formula is C26H26Cl2N2O3. The van der Waals surface area contributed by atoms with Gasteiger partial charge in [0.15, 0.2) is 0 Å². The fraction of sp³-hybridized carbons (Fsp3) is 0.308. The van der Waals surface area contributed by atoms with Gasteiger partial charge in [0.2, 0.25) is 5.91 Å². The van der Waals surface area contributed by atoms with Gasteiger partial charge in [0.1, 0.15) is 5.75 Å². The molecule has 0 saturated carbocycles. The van der Waals surface area contributed by atoms with E-state index in [1.807, 2.05) is 54.3 Å². The second-order valence-corrected chi connectivity index (χ2v) is 9.17. The molecule has 0 bridgehead atoms. The van der Waals surface area contributed by atoms with E-state index in [2.05, 4.69) is 5.32 Å². The summed E-state index contributed by atoms with van der Waals surface area (Å²) in [5.74, 6) is 0.562. The Bertz CT molecular complexity index is 1190. The van der Waals surface area contributed by atoms with Gasteiger partial charge in [-0.05, 0) is 55.0 Å². The largest absolute Gasteiger partial charge is 0.496 e. The molecular weight excluding hydrogens is 459 g/mol. The zero-order valence-corrected chi connectivity index (χ0v) is 20.1. The maximum absolute atomic E-state index is 13.3. The van der Waals surface area contributed by atoms with Crippen molar-refractivity contribution in [3.63, 3.8) is 0 Å². The minimum absolute atomic E-state index is 0.0180. The molecule has 1 aliphatic rings. The monoisotopic (exact) mass is 484 g/mol. The van der Waals surface area contributed by atoms with Crippen LogP contribution in [-0.4, -0.2) is 36.9 Å². The van der Waals surface area contributed by atoms with Gasteiger partial charge in [-0.1, -0.05) is 53.5 Å². The van der Waals surface area contributed by atoms with Crippen LogP contribution in [-0.2, 0) is 4.79 Å². The van der Waals surface area contributed by atoms with Crippen molar-refractivity contribution < 1.29 is 14.3 Å². The molecule has 7 heteroatoms. The fourth-order valence-electron chi connectivity index (χ4n) is 4.41. The molecule has 0 aliphatic carbocycles. The molecule has 1 saturated heterocycles. The maximum atomic E-state index is 13.3. The number of piperidine rings is 1. The van der Waals surface area contributed by atoms with E-state index in [0.717, 1.165) is 22.1 Å². The first kappa shape index (κ1) is 23.4. The molecule has 1 fully saturated rings. The van der Waals surface area contributed by atoms with Gasteiger partial charge in [-0.25, -0.2) is 0 Å². The average molecular weight is 485 g/mol. The van der Waals surface area contributed by atoms with E-state index in [9.17, 15) is 9.59 Å². The number of ether oxygens (including phenoxy) is 1. The molecule has 172 valence electrons. The second kappa shape index (κ2) is 10.0. The Morgan fingerprint density at radius 1 is 1.03 bits per heavy atom. The number of fused-ring (bicyclic) bond motifs is 1. The third-order valence-corrected chi connectivity index (χ3v) is 6.84. The summed E-state index contributed by atoms with van der Waals surface area (Å²) in [7, 11) is 1.63. The van der Waals surface area contributed by atoms with E-state index in [0.29, 0.717) is 41.5 Å². The molecule has 1 N–H and O–H groups in total. The minimum Gasteiger partial charge on any atom is -0.496 e. The van der Waals surface area contributed by atoms with Crippen LogP contribution in [0.5, 0.6) is 5.75 Å². The summed E-state index contributed by atoms with van der Waals surface area (Å²) in [6.45, 7) is 2.97. The third kappa shape index (κ3) is 4.94. The number of methoxy groups -OCH3 is 1. The lowest BCUT2D eigenvalue weighted by atomic mass is 9.94. The quantitative estimate of drug-likeness (QED) is 0.491. The first-order valence-corrected chi connectivity index (χ1v) is 11.7.